The lowest BCUT2D eigenvalue weighted by atomic mass is 10.1. The van der Waals surface area contributed by atoms with Crippen molar-refractivity contribution in [2.75, 3.05) is 0 Å². The molecule has 4 rings (SSSR count). The van der Waals surface area contributed by atoms with Crippen LogP contribution in [0.25, 0.3) is 11.4 Å². The van der Waals surface area contributed by atoms with Gasteiger partial charge in [0.05, 0.1) is 12.1 Å². The summed E-state index contributed by atoms with van der Waals surface area (Å²) in [6.45, 7) is 0.125. The van der Waals surface area contributed by atoms with E-state index in [0.29, 0.717) is 38.1 Å². The summed E-state index contributed by atoms with van der Waals surface area (Å²) in [6, 6.07) is 18.0. The Morgan fingerprint density at radius 2 is 1.68 bits per heavy atom. The van der Waals surface area contributed by atoms with Gasteiger partial charge in [0.2, 0.25) is 5.82 Å². The summed E-state index contributed by atoms with van der Waals surface area (Å²) < 4.78 is 19.1. The van der Waals surface area contributed by atoms with E-state index < -0.39 is 5.97 Å². The largest absolute Gasteiger partial charge is 0.457 e. The van der Waals surface area contributed by atoms with Crippen molar-refractivity contribution in [1.29, 1.82) is 0 Å². The number of halogens is 3. The number of carbonyl (C=O) groups is 1. The van der Waals surface area contributed by atoms with Gasteiger partial charge in [0.1, 0.15) is 12.4 Å². The molecule has 0 bridgehead atoms. The second-order valence-corrected chi connectivity index (χ2v) is 7.40. The summed E-state index contributed by atoms with van der Waals surface area (Å²) in [6.07, 6.45) is 0. The lowest BCUT2D eigenvalue weighted by Crippen LogP contribution is -2.06. The number of ether oxygens (including phenoxy) is 1. The highest BCUT2D eigenvalue weighted by Gasteiger charge is 2.13. The molecule has 0 aliphatic rings. The SMILES string of the molecule is O=C(OCc1c(Cl)cccc1Cl)c1ccc(-c2nnn(Cc3ccccc3F)n2)cc1. The minimum atomic E-state index is -0.515. The number of aromatic nitrogens is 4. The molecule has 9 heteroatoms. The van der Waals surface area contributed by atoms with Crippen molar-refractivity contribution in [1.82, 2.24) is 20.2 Å². The van der Waals surface area contributed by atoms with E-state index in [1.165, 1.54) is 10.9 Å². The van der Waals surface area contributed by atoms with Crippen LogP contribution in [0.15, 0.2) is 66.7 Å². The molecule has 0 N–H and O–H groups in total. The molecule has 0 spiro atoms. The second-order valence-electron chi connectivity index (χ2n) is 6.59. The highest BCUT2D eigenvalue weighted by molar-refractivity contribution is 6.35. The van der Waals surface area contributed by atoms with E-state index >= 15 is 0 Å². The van der Waals surface area contributed by atoms with Gasteiger partial charge in [-0.25, -0.2) is 9.18 Å². The Kier molecular flexibility index (Phi) is 6.25. The van der Waals surface area contributed by atoms with Crippen molar-refractivity contribution >= 4 is 29.2 Å². The van der Waals surface area contributed by atoms with Gasteiger partial charge in [-0.3, -0.25) is 0 Å². The number of hydrogen-bond donors (Lipinski definition) is 0. The molecule has 0 saturated carbocycles. The molecule has 0 atom stereocenters. The average Bonchev–Trinajstić information content (AvgIpc) is 3.23. The number of carbonyl (C=O) groups excluding carboxylic acids is 1. The Morgan fingerprint density at radius 1 is 0.968 bits per heavy atom. The molecule has 0 fully saturated rings. The zero-order chi connectivity index (χ0) is 21.8. The first kappa shape index (κ1) is 21.0. The highest BCUT2D eigenvalue weighted by Crippen LogP contribution is 2.25. The maximum atomic E-state index is 13.8. The van der Waals surface area contributed by atoms with Gasteiger partial charge in [-0.05, 0) is 35.5 Å². The fourth-order valence-electron chi connectivity index (χ4n) is 2.85. The van der Waals surface area contributed by atoms with Crippen molar-refractivity contribution in [3.63, 3.8) is 0 Å². The number of rotatable bonds is 6. The molecule has 1 aromatic heterocycles. The van der Waals surface area contributed by atoms with Gasteiger partial charge in [0, 0.05) is 26.7 Å². The molecule has 6 nitrogen and oxygen atoms in total. The Labute approximate surface area is 187 Å². The van der Waals surface area contributed by atoms with Crippen LogP contribution >= 0.6 is 23.2 Å². The van der Waals surface area contributed by atoms with Crippen LogP contribution in [-0.4, -0.2) is 26.2 Å². The molecule has 1 heterocycles. The van der Waals surface area contributed by atoms with Crippen LogP contribution < -0.4 is 0 Å². The maximum Gasteiger partial charge on any atom is 0.338 e. The van der Waals surface area contributed by atoms with Crippen LogP contribution in [0.3, 0.4) is 0 Å². The number of tetrazole rings is 1. The molecule has 4 aromatic rings. The van der Waals surface area contributed by atoms with Crippen molar-refractivity contribution in [3.05, 3.63) is 99.3 Å². The summed E-state index contributed by atoms with van der Waals surface area (Å²) >= 11 is 12.2. The first-order chi connectivity index (χ1) is 15.0. The average molecular weight is 457 g/mol. The van der Waals surface area contributed by atoms with Gasteiger partial charge >= 0.3 is 5.97 Å². The number of hydrogen-bond acceptors (Lipinski definition) is 5. The molecule has 0 unspecified atom stereocenters. The van der Waals surface area contributed by atoms with Crippen LogP contribution in [-0.2, 0) is 17.9 Å². The summed E-state index contributed by atoms with van der Waals surface area (Å²) in [4.78, 5) is 13.6. The number of nitrogens with zero attached hydrogens (tertiary/aromatic N) is 4. The number of benzene rings is 3. The molecular formula is C22H15Cl2FN4O2. The number of esters is 1. The van der Waals surface area contributed by atoms with Crippen LogP contribution in [0.2, 0.25) is 10.0 Å². The second kappa shape index (κ2) is 9.24. The lowest BCUT2D eigenvalue weighted by molar-refractivity contribution is 0.0473. The van der Waals surface area contributed by atoms with Crippen molar-refractivity contribution in [2.45, 2.75) is 13.2 Å². The third-order valence-corrected chi connectivity index (χ3v) is 5.22. The molecule has 0 aliphatic carbocycles. The van der Waals surface area contributed by atoms with E-state index in [9.17, 15) is 9.18 Å². The van der Waals surface area contributed by atoms with Crippen LogP contribution in [0, 0.1) is 5.82 Å². The van der Waals surface area contributed by atoms with Crippen LogP contribution in [0.5, 0.6) is 0 Å². The third kappa shape index (κ3) is 4.90. The summed E-state index contributed by atoms with van der Waals surface area (Å²) in [7, 11) is 0. The van der Waals surface area contributed by atoms with Gasteiger partial charge in [0.25, 0.3) is 0 Å². The minimum Gasteiger partial charge on any atom is -0.457 e. The van der Waals surface area contributed by atoms with E-state index in [1.807, 2.05) is 0 Å². The summed E-state index contributed by atoms with van der Waals surface area (Å²) in [5.41, 5.74) is 2.02. The molecule has 0 aliphatic heterocycles. The predicted molar refractivity (Wildman–Crippen MR) is 114 cm³/mol. The zero-order valence-corrected chi connectivity index (χ0v) is 17.5. The van der Waals surface area contributed by atoms with Crippen molar-refractivity contribution < 1.29 is 13.9 Å². The van der Waals surface area contributed by atoms with E-state index in [0.717, 1.165) is 0 Å². The zero-order valence-electron chi connectivity index (χ0n) is 16.0. The monoisotopic (exact) mass is 456 g/mol. The lowest BCUT2D eigenvalue weighted by Gasteiger charge is -2.08. The topological polar surface area (TPSA) is 69.9 Å². The van der Waals surface area contributed by atoms with E-state index in [2.05, 4.69) is 15.4 Å². The van der Waals surface area contributed by atoms with E-state index in [-0.39, 0.29) is 19.0 Å². The summed E-state index contributed by atoms with van der Waals surface area (Å²) in [5.74, 6) is -0.486. The molecule has 31 heavy (non-hydrogen) atoms. The normalized spacial score (nSPS) is 10.8. The van der Waals surface area contributed by atoms with Gasteiger partial charge in [-0.2, -0.15) is 4.80 Å². The quantitative estimate of drug-likeness (QED) is 0.373. The van der Waals surface area contributed by atoms with Gasteiger partial charge in [-0.15, -0.1) is 10.2 Å². The van der Waals surface area contributed by atoms with E-state index in [4.69, 9.17) is 27.9 Å². The fourth-order valence-corrected chi connectivity index (χ4v) is 3.36. The molecule has 0 saturated heterocycles. The van der Waals surface area contributed by atoms with Crippen molar-refractivity contribution in [3.8, 4) is 11.4 Å². The van der Waals surface area contributed by atoms with Crippen molar-refractivity contribution in [2.24, 2.45) is 0 Å². The predicted octanol–water partition coefficient (Wildman–Crippen LogP) is 5.19. The Hall–Kier alpha value is -3.29. The molecule has 156 valence electrons. The van der Waals surface area contributed by atoms with Crippen LogP contribution in [0.1, 0.15) is 21.5 Å². The minimum absolute atomic E-state index is 0.0367. The van der Waals surface area contributed by atoms with E-state index in [1.54, 1.807) is 60.7 Å². The molecule has 0 amide bonds. The summed E-state index contributed by atoms with van der Waals surface area (Å²) in [5, 5.41) is 13.1. The highest BCUT2D eigenvalue weighted by atomic mass is 35.5. The first-order valence-electron chi connectivity index (χ1n) is 9.23. The standard InChI is InChI=1S/C22H15Cl2FN4O2/c23-18-5-3-6-19(24)17(18)13-31-22(30)15-10-8-14(9-11-15)21-26-28-29(27-21)12-16-4-1-2-7-20(16)25/h1-11H,12-13H2. The van der Waals surface area contributed by atoms with Crippen LogP contribution in [0.4, 0.5) is 4.39 Å². The molecule has 0 radical (unpaired) electrons. The maximum absolute atomic E-state index is 13.8. The third-order valence-electron chi connectivity index (χ3n) is 4.51. The van der Waals surface area contributed by atoms with Gasteiger partial charge in [-0.1, -0.05) is 59.6 Å². The van der Waals surface area contributed by atoms with Gasteiger partial charge < -0.3 is 4.74 Å². The molecule has 3 aromatic carbocycles. The Morgan fingerprint density at radius 3 is 2.39 bits per heavy atom. The Bertz CT molecular complexity index is 1210. The first-order valence-corrected chi connectivity index (χ1v) is 9.98. The smallest absolute Gasteiger partial charge is 0.338 e. The Balaban J connectivity index is 1.42. The molecular weight excluding hydrogens is 442 g/mol. The fraction of sp³-hybridized carbons (Fsp3) is 0.0909. The van der Waals surface area contributed by atoms with Gasteiger partial charge in [0.15, 0.2) is 0 Å².